The molecule has 0 spiro atoms. The Morgan fingerprint density at radius 2 is 1.94 bits per heavy atom. The standard InChI is InChI=1S/C24H24ClN7O/c25-19-13-29-24(32-22(19)18-12-27-20-7-2-1-6-17(18)20)31-16-5-3-4-15(10-16)30-23(33)14-8-9-21(26)28-11-14/h1-2,6-9,11-13,15-16,27H,3-5,10H2,(H2,26,28)(H,30,33)(H,29,31,32)/t15-,16+/m0/s1. The zero-order valence-electron chi connectivity index (χ0n) is 17.9. The van der Waals surface area contributed by atoms with E-state index in [1.807, 2.05) is 30.5 Å². The van der Waals surface area contributed by atoms with Gasteiger partial charge in [-0.3, -0.25) is 4.79 Å². The number of nitrogens with one attached hydrogen (secondary N) is 3. The van der Waals surface area contributed by atoms with Crippen LogP contribution in [0.1, 0.15) is 36.0 Å². The Balaban J connectivity index is 1.29. The van der Waals surface area contributed by atoms with Gasteiger partial charge in [0.05, 0.1) is 22.5 Å². The fraction of sp³-hybridized carbons (Fsp3) is 0.250. The number of carbonyl (C=O) groups is 1. The normalized spacial score (nSPS) is 18.2. The summed E-state index contributed by atoms with van der Waals surface area (Å²) in [6.07, 6.45) is 8.72. The number of nitrogen functional groups attached to an aromatic ring is 1. The minimum absolute atomic E-state index is 0.0571. The molecule has 3 heterocycles. The Morgan fingerprint density at radius 3 is 2.79 bits per heavy atom. The molecule has 8 nitrogen and oxygen atoms in total. The summed E-state index contributed by atoms with van der Waals surface area (Å²) in [5, 5.41) is 8.10. The van der Waals surface area contributed by atoms with Gasteiger partial charge in [0.1, 0.15) is 5.82 Å². The Labute approximate surface area is 196 Å². The van der Waals surface area contributed by atoms with Gasteiger partial charge >= 0.3 is 0 Å². The molecule has 0 bridgehead atoms. The van der Waals surface area contributed by atoms with Crippen molar-refractivity contribution in [2.75, 3.05) is 11.1 Å². The maximum atomic E-state index is 12.6. The summed E-state index contributed by atoms with van der Waals surface area (Å²) in [5.74, 6) is 0.778. The largest absolute Gasteiger partial charge is 0.384 e. The number of hydrogen-bond acceptors (Lipinski definition) is 6. The lowest BCUT2D eigenvalue weighted by Crippen LogP contribution is -2.42. The van der Waals surface area contributed by atoms with Crippen molar-refractivity contribution >= 4 is 40.2 Å². The van der Waals surface area contributed by atoms with E-state index in [-0.39, 0.29) is 18.0 Å². The van der Waals surface area contributed by atoms with Crippen LogP contribution in [0.25, 0.3) is 22.2 Å². The van der Waals surface area contributed by atoms with Crippen LogP contribution in [0.5, 0.6) is 0 Å². The summed E-state index contributed by atoms with van der Waals surface area (Å²) in [7, 11) is 0. The van der Waals surface area contributed by atoms with Gasteiger partial charge in [-0.15, -0.1) is 0 Å². The van der Waals surface area contributed by atoms with Gasteiger partial charge in [-0.25, -0.2) is 15.0 Å². The van der Waals surface area contributed by atoms with Gasteiger partial charge in [-0.2, -0.15) is 0 Å². The highest BCUT2D eigenvalue weighted by Crippen LogP contribution is 2.32. The number of pyridine rings is 1. The molecule has 4 aromatic rings. The summed E-state index contributed by atoms with van der Waals surface area (Å²) >= 11 is 6.45. The monoisotopic (exact) mass is 461 g/mol. The van der Waals surface area contributed by atoms with Gasteiger partial charge < -0.3 is 21.4 Å². The second-order valence-corrected chi connectivity index (χ2v) is 8.70. The number of anilines is 2. The molecule has 3 aromatic heterocycles. The first-order chi connectivity index (χ1) is 16.1. The molecule has 168 valence electrons. The molecule has 1 amide bonds. The van der Waals surface area contributed by atoms with Crippen LogP contribution in [-0.4, -0.2) is 37.9 Å². The van der Waals surface area contributed by atoms with E-state index in [1.165, 1.54) is 6.20 Å². The van der Waals surface area contributed by atoms with Gasteiger partial charge in [-0.1, -0.05) is 29.8 Å². The molecular formula is C24H24ClN7O. The number of nitrogens with two attached hydrogens (primary N) is 1. The molecule has 1 saturated carbocycles. The molecule has 33 heavy (non-hydrogen) atoms. The third kappa shape index (κ3) is 4.61. The maximum Gasteiger partial charge on any atom is 0.253 e. The van der Waals surface area contributed by atoms with Crippen molar-refractivity contribution in [3.63, 3.8) is 0 Å². The molecule has 0 radical (unpaired) electrons. The molecule has 1 aliphatic carbocycles. The predicted octanol–water partition coefficient (Wildman–Crippen LogP) is 4.41. The van der Waals surface area contributed by atoms with Crippen LogP contribution in [0.2, 0.25) is 5.02 Å². The fourth-order valence-corrected chi connectivity index (χ4v) is 4.53. The van der Waals surface area contributed by atoms with Crippen LogP contribution in [0.15, 0.2) is 55.0 Å². The molecule has 5 N–H and O–H groups in total. The average molecular weight is 462 g/mol. The molecule has 0 aliphatic heterocycles. The SMILES string of the molecule is Nc1ccc(C(=O)N[C@H]2CCC[C@@H](Nc3ncc(Cl)c(-c4c[nH]c5ccccc45)n3)C2)cn1. The van der Waals surface area contributed by atoms with Crippen LogP contribution < -0.4 is 16.4 Å². The number of para-hydroxylation sites is 1. The summed E-state index contributed by atoms with van der Waals surface area (Å²) in [5.41, 5.74) is 8.76. The summed E-state index contributed by atoms with van der Waals surface area (Å²) in [6, 6.07) is 11.5. The number of hydrogen-bond donors (Lipinski definition) is 4. The molecular weight excluding hydrogens is 438 g/mol. The third-order valence-electron chi connectivity index (χ3n) is 5.98. The van der Waals surface area contributed by atoms with Crippen molar-refractivity contribution in [3.8, 4) is 11.3 Å². The van der Waals surface area contributed by atoms with E-state index in [4.69, 9.17) is 22.3 Å². The highest BCUT2D eigenvalue weighted by Gasteiger charge is 2.25. The van der Waals surface area contributed by atoms with E-state index in [0.717, 1.165) is 42.1 Å². The number of rotatable bonds is 5. The van der Waals surface area contributed by atoms with Crippen LogP contribution >= 0.6 is 11.6 Å². The van der Waals surface area contributed by atoms with E-state index in [1.54, 1.807) is 18.3 Å². The third-order valence-corrected chi connectivity index (χ3v) is 6.26. The summed E-state index contributed by atoms with van der Waals surface area (Å²) < 4.78 is 0. The quantitative estimate of drug-likeness (QED) is 0.349. The first-order valence-corrected chi connectivity index (χ1v) is 11.3. The average Bonchev–Trinajstić information content (AvgIpc) is 3.25. The molecule has 5 rings (SSSR count). The van der Waals surface area contributed by atoms with Gasteiger partial charge in [-0.05, 0) is 43.9 Å². The zero-order valence-corrected chi connectivity index (χ0v) is 18.6. The maximum absolute atomic E-state index is 12.6. The second kappa shape index (κ2) is 9.07. The highest BCUT2D eigenvalue weighted by atomic mass is 35.5. The molecule has 9 heteroatoms. The molecule has 0 unspecified atom stereocenters. The van der Waals surface area contributed by atoms with Crippen molar-refractivity contribution in [1.82, 2.24) is 25.3 Å². The van der Waals surface area contributed by atoms with Crippen LogP contribution in [-0.2, 0) is 0 Å². The predicted molar refractivity (Wildman–Crippen MR) is 130 cm³/mol. The van der Waals surface area contributed by atoms with Crippen LogP contribution in [0.4, 0.5) is 11.8 Å². The number of aromatic nitrogens is 4. The number of fused-ring (bicyclic) bond motifs is 1. The number of halogens is 1. The zero-order chi connectivity index (χ0) is 22.8. The lowest BCUT2D eigenvalue weighted by Gasteiger charge is -2.30. The Hall–Kier alpha value is -3.65. The Morgan fingerprint density at radius 1 is 1.09 bits per heavy atom. The van der Waals surface area contributed by atoms with Crippen molar-refractivity contribution in [2.24, 2.45) is 0 Å². The molecule has 1 aliphatic rings. The van der Waals surface area contributed by atoms with E-state index < -0.39 is 0 Å². The number of amides is 1. The first-order valence-electron chi connectivity index (χ1n) is 10.9. The Bertz CT molecular complexity index is 1290. The number of nitrogens with zero attached hydrogens (tertiary/aromatic N) is 3. The van der Waals surface area contributed by atoms with Crippen LogP contribution in [0.3, 0.4) is 0 Å². The van der Waals surface area contributed by atoms with Crippen molar-refractivity contribution in [3.05, 3.63) is 65.6 Å². The minimum atomic E-state index is -0.141. The lowest BCUT2D eigenvalue weighted by molar-refractivity contribution is 0.0926. The summed E-state index contributed by atoms with van der Waals surface area (Å²) in [6.45, 7) is 0. The number of carbonyl (C=O) groups excluding carboxylic acids is 1. The first kappa shape index (κ1) is 21.2. The fourth-order valence-electron chi connectivity index (χ4n) is 4.34. The molecule has 0 saturated heterocycles. The van der Waals surface area contributed by atoms with Crippen LogP contribution in [0, 0.1) is 0 Å². The topological polar surface area (TPSA) is 122 Å². The lowest BCUT2D eigenvalue weighted by atomic mass is 9.91. The smallest absolute Gasteiger partial charge is 0.253 e. The van der Waals surface area contributed by atoms with E-state index >= 15 is 0 Å². The Kier molecular flexibility index (Phi) is 5.83. The number of benzene rings is 1. The van der Waals surface area contributed by atoms with Crippen molar-refractivity contribution in [2.45, 2.75) is 37.8 Å². The van der Waals surface area contributed by atoms with Gasteiger partial charge in [0.2, 0.25) is 5.95 Å². The summed E-state index contributed by atoms with van der Waals surface area (Å²) in [4.78, 5) is 28.9. The number of H-pyrrole nitrogens is 1. The van der Waals surface area contributed by atoms with Gasteiger partial charge in [0.15, 0.2) is 0 Å². The van der Waals surface area contributed by atoms with E-state index in [2.05, 4.69) is 25.6 Å². The molecule has 1 fully saturated rings. The van der Waals surface area contributed by atoms with E-state index in [0.29, 0.717) is 28.0 Å². The second-order valence-electron chi connectivity index (χ2n) is 8.29. The van der Waals surface area contributed by atoms with Crippen molar-refractivity contribution in [1.29, 1.82) is 0 Å². The van der Waals surface area contributed by atoms with E-state index in [9.17, 15) is 4.79 Å². The van der Waals surface area contributed by atoms with Gasteiger partial charge in [0.25, 0.3) is 5.91 Å². The highest BCUT2D eigenvalue weighted by molar-refractivity contribution is 6.33. The minimum Gasteiger partial charge on any atom is -0.384 e. The number of aromatic amines is 1. The van der Waals surface area contributed by atoms with Gasteiger partial charge in [0, 0.05) is 40.9 Å². The molecule has 1 aromatic carbocycles. The van der Waals surface area contributed by atoms with Crippen molar-refractivity contribution < 1.29 is 4.79 Å². The molecule has 2 atom stereocenters.